The second-order valence-corrected chi connectivity index (χ2v) is 11.4. The standard InChI is InChI=1S/C20H30ClF3N2O3S/c1-4-30(28,29)26-9-7-19(8-10-26,12-14(2)3)13-25-18(27)16-6-5-15(21)11-17(16)20(22,23)24/h5-6,14,17H,4,7-13H2,1-3H3,(H,25,27). The number of carbonyl (C=O) groups is 1. The summed E-state index contributed by atoms with van der Waals surface area (Å²) in [6.45, 7) is 6.59. The van der Waals surface area contributed by atoms with E-state index >= 15 is 0 Å². The van der Waals surface area contributed by atoms with E-state index in [0.717, 1.165) is 12.5 Å². The lowest BCUT2D eigenvalue weighted by Gasteiger charge is -2.42. The van der Waals surface area contributed by atoms with Gasteiger partial charge in [0.05, 0.1) is 11.7 Å². The fourth-order valence-electron chi connectivity index (χ4n) is 4.31. The van der Waals surface area contributed by atoms with Crippen LogP contribution in [0.3, 0.4) is 0 Å². The molecular formula is C20H30ClF3N2O3S. The first-order valence-electron chi connectivity index (χ1n) is 10.2. The number of hydrogen-bond acceptors (Lipinski definition) is 3. The number of amides is 1. The van der Waals surface area contributed by atoms with E-state index in [1.165, 1.54) is 10.4 Å². The van der Waals surface area contributed by atoms with E-state index in [1.807, 2.05) is 13.8 Å². The van der Waals surface area contributed by atoms with Gasteiger partial charge in [0.2, 0.25) is 15.9 Å². The molecule has 1 N–H and O–H groups in total. The summed E-state index contributed by atoms with van der Waals surface area (Å²) in [6, 6.07) is 0. The Bertz CT molecular complexity index is 799. The predicted molar refractivity (Wildman–Crippen MR) is 111 cm³/mol. The summed E-state index contributed by atoms with van der Waals surface area (Å²) in [5, 5.41) is 2.77. The molecule has 0 radical (unpaired) electrons. The number of sulfonamides is 1. The number of nitrogens with zero attached hydrogens (tertiary/aromatic N) is 1. The van der Waals surface area contributed by atoms with Crippen LogP contribution in [0.25, 0.3) is 0 Å². The van der Waals surface area contributed by atoms with Crippen LogP contribution in [0, 0.1) is 17.3 Å². The van der Waals surface area contributed by atoms with Crippen LogP contribution in [0.4, 0.5) is 13.2 Å². The topological polar surface area (TPSA) is 66.5 Å². The Morgan fingerprint density at radius 3 is 2.40 bits per heavy atom. The van der Waals surface area contributed by atoms with Crippen LogP contribution in [0.5, 0.6) is 0 Å². The number of halogens is 4. The first-order chi connectivity index (χ1) is 13.8. The maximum Gasteiger partial charge on any atom is 0.396 e. The molecule has 30 heavy (non-hydrogen) atoms. The summed E-state index contributed by atoms with van der Waals surface area (Å²) in [7, 11) is -3.28. The van der Waals surface area contributed by atoms with Gasteiger partial charge < -0.3 is 5.32 Å². The Morgan fingerprint density at radius 1 is 1.30 bits per heavy atom. The maximum absolute atomic E-state index is 13.4. The minimum absolute atomic E-state index is 0.0317. The molecule has 0 aromatic heterocycles. The van der Waals surface area contributed by atoms with E-state index in [0.29, 0.717) is 31.8 Å². The van der Waals surface area contributed by atoms with Gasteiger partial charge in [-0.3, -0.25) is 4.79 Å². The second-order valence-electron chi connectivity index (χ2n) is 8.61. The van der Waals surface area contributed by atoms with Crippen LogP contribution >= 0.6 is 11.6 Å². The molecule has 1 amide bonds. The van der Waals surface area contributed by atoms with Crippen molar-refractivity contribution in [1.82, 2.24) is 9.62 Å². The van der Waals surface area contributed by atoms with Gasteiger partial charge in [0.1, 0.15) is 0 Å². The molecular weight excluding hydrogens is 441 g/mol. The number of hydrogen-bond donors (Lipinski definition) is 1. The highest BCUT2D eigenvalue weighted by molar-refractivity contribution is 7.89. The van der Waals surface area contributed by atoms with Gasteiger partial charge in [-0.2, -0.15) is 13.2 Å². The van der Waals surface area contributed by atoms with Gasteiger partial charge in [-0.05, 0) is 50.0 Å². The van der Waals surface area contributed by atoms with Gasteiger partial charge in [0.15, 0.2) is 0 Å². The van der Waals surface area contributed by atoms with E-state index in [2.05, 4.69) is 5.32 Å². The number of rotatable bonds is 7. The second kappa shape index (κ2) is 9.61. The van der Waals surface area contributed by atoms with E-state index in [9.17, 15) is 26.4 Å². The van der Waals surface area contributed by atoms with Crippen LogP contribution in [-0.4, -0.2) is 50.2 Å². The summed E-state index contributed by atoms with van der Waals surface area (Å²) >= 11 is 5.76. The van der Waals surface area contributed by atoms with Crippen molar-refractivity contribution in [2.75, 3.05) is 25.4 Å². The zero-order chi connectivity index (χ0) is 22.7. The Hall–Kier alpha value is -1.06. The predicted octanol–water partition coefficient (Wildman–Crippen LogP) is 4.21. The number of alkyl halides is 3. The van der Waals surface area contributed by atoms with Crippen LogP contribution < -0.4 is 5.32 Å². The minimum Gasteiger partial charge on any atom is -0.352 e. The lowest BCUT2D eigenvalue weighted by molar-refractivity contribution is -0.166. The highest BCUT2D eigenvalue weighted by Gasteiger charge is 2.45. The molecule has 172 valence electrons. The Balaban J connectivity index is 2.12. The summed E-state index contributed by atoms with van der Waals surface area (Å²) in [4.78, 5) is 12.6. The summed E-state index contributed by atoms with van der Waals surface area (Å²) in [5.41, 5.74) is -0.683. The molecule has 1 atom stereocenters. The number of carbonyl (C=O) groups excluding carboxylic acids is 1. The molecule has 1 heterocycles. The average Bonchev–Trinajstić information content (AvgIpc) is 2.65. The third-order valence-electron chi connectivity index (χ3n) is 5.88. The number of nitrogens with one attached hydrogen (secondary N) is 1. The zero-order valence-electron chi connectivity index (χ0n) is 17.6. The lowest BCUT2D eigenvalue weighted by atomic mass is 9.73. The van der Waals surface area contributed by atoms with Crippen molar-refractivity contribution < 1.29 is 26.4 Å². The fourth-order valence-corrected chi connectivity index (χ4v) is 5.63. The Morgan fingerprint density at radius 2 is 1.90 bits per heavy atom. The first kappa shape index (κ1) is 25.2. The molecule has 1 fully saturated rings. The Labute approximate surface area is 181 Å². The third-order valence-corrected chi connectivity index (χ3v) is 8.04. The molecule has 5 nitrogen and oxygen atoms in total. The van der Waals surface area contributed by atoms with Crippen molar-refractivity contribution in [3.8, 4) is 0 Å². The number of allylic oxidation sites excluding steroid dienone is 3. The van der Waals surface area contributed by atoms with Crippen molar-refractivity contribution in [2.45, 2.75) is 52.6 Å². The minimum atomic E-state index is -4.56. The molecule has 2 rings (SSSR count). The zero-order valence-corrected chi connectivity index (χ0v) is 19.1. The van der Waals surface area contributed by atoms with Crippen molar-refractivity contribution >= 4 is 27.5 Å². The van der Waals surface area contributed by atoms with Crippen LogP contribution in [0.1, 0.15) is 46.5 Å². The summed E-state index contributed by atoms with van der Waals surface area (Å²) in [5.74, 6) is -2.34. The van der Waals surface area contributed by atoms with Crippen molar-refractivity contribution in [3.05, 3.63) is 22.8 Å². The van der Waals surface area contributed by atoms with Crippen molar-refractivity contribution in [3.63, 3.8) is 0 Å². The molecule has 0 aromatic carbocycles. The van der Waals surface area contributed by atoms with Crippen LogP contribution in [-0.2, 0) is 14.8 Å². The summed E-state index contributed by atoms with van der Waals surface area (Å²) < 4.78 is 65.9. The highest BCUT2D eigenvalue weighted by atomic mass is 35.5. The molecule has 0 saturated carbocycles. The van der Waals surface area contributed by atoms with Gasteiger partial charge in [-0.25, -0.2) is 12.7 Å². The quantitative estimate of drug-likeness (QED) is 0.606. The molecule has 2 aliphatic rings. The normalized spacial score (nSPS) is 23.1. The molecule has 0 spiro atoms. The van der Waals surface area contributed by atoms with E-state index in [-0.39, 0.29) is 28.3 Å². The lowest BCUT2D eigenvalue weighted by Crippen LogP contribution is -2.49. The van der Waals surface area contributed by atoms with Crippen molar-refractivity contribution in [1.29, 1.82) is 0 Å². The first-order valence-corrected chi connectivity index (χ1v) is 12.2. The molecule has 10 heteroatoms. The summed E-state index contributed by atoms with van der Waals surface area (Å²) in [6.07, 6.45) is -0.670. The van der Waals surface area contributed by atoms with Crippen molar-refractivity contribution in [2.24, 2.45) is 17.3 Å². The molecule has 1 unspecified atom stereocenters. The molecule has 0 bridgehead atoms. The van der Waals surface area contributed by atoms with Gasteiger partial charge in [-0.15, -0.1) is 0 Å². The number of piperidine rings is 1. The fraction of sp³-hybridized carbons (Fsp3) is 0.750. The van der Waals surface area contributed by atoms with Gasteiger partial charge >= 0.3 is 6.18 Å². The average molecular weight is 471 g/mol. The van der Waals surface area contributed by atoms with Gasteiger partial charge in [0.25, 0.3) is 0 Å². The van der Waals surface area contributed by atoms with Crippen LogP contribution in [0.15, 0.2) is 22.8 Å². The van der Waals surface area contributed by atoms with E-state index in [4.69, 9.17) is 11.6 Å². The smallest absolute Gasteiger partial charge is 0.352 e. The SMILES string of the molecule is CCS(=O)(=O)N1CCC(CNC(=O)C2=CC=C(Cl)CC2C(F)(F)F)(CC(C)C)CC1. The van der Waals surface area contributed by atoms with E-state index in [1.54, 1.807) is 6.92 Å². The molecule has 1 aliphatic heterocycles. The third kappa shape index (κ3) is 6.23. The van der Waals surface area contributed by atoms with Crippen LogP contribution in [0.2, 0.25) is 0 Å². The van der Waals surface area contributed by atoms with Gasteiger partial charge in [0, 0.05) is 30.2 Å². The largest absolute Gasteiger partial charge is 0.396 e. The molecule has 1 saturated heterocycles. The molecule has 0 aromatic rings. The van der Waals surface area contributed by atoms with Gasteiger partial charge in [-0.1, -0.05) is 31.5 Å². The molecule has 1 aliphatic carbocycles. The maximum atomic E-state index is 13.4. The highest BCUT2D eigenvalue weighted by Crippen LogP contribution is 2.41. The van der Waals surface area contributed by atoms with E-state index < -0.39 is 34.4 Å². The monoisotopic (exact) mass is 470 g/mol. The Kier molecular flexibility index (Phi) is 8.07.